The molecule has 0 atom stereocenters. The van der Waals surface area contributed by atoms with Crippen LogP contribution in [0.3, 0.4) is 0 Å². The number of rotatable bonds is 5. The van der Waals surface area contributed by atoms with E-state index in [1.54, 1.807) is 12.1 Å². The third-order valence-corrected chi connectivity index (χ3v) is 5.01. The second-order valence-electron chi connectivity index (χ2n) is 8.87. The summed E-state index contributed by atoms with van der Waals surface area (Å²) in [5.74, 6) is -0.153. The molecular weight excluding hydrogens is 455 g/mol. The topological polar surface area (TPSA) is 70.4 Å². The Hall–Kier alpha value is -1.66. The van der Waals surface area contributed by atoms with Crippen LogP contribution >= 0.6 is 37.2 Å². The zero-order chi connectivity index (χ0) is 20.1. The van der Waals surface area contributed by atoms with Crippen LogP contribution in [0.5, 0.6) is 0 Å². The van der Waals surface area contributed by atoms with Crippen LogP contribution < -0.4 is 16.4 Å². The Morgan fingerprint density at radius 1 is 1.00 bits per heavy atom. The van der Waals surface area contributed by atoms with Gasteiger partial charge in [0.25, 0.3) is 5.91 Å². The molecule has 1 amide bonds. The van der Waals surface area contributed by atoms with Gasteiger partial charge in [-0.25, -0.2) is 0 Å². The maximum absolute atomic E-state index is 12.4. The van der Waals surface area contributed by atoms with Crippen molar-refractivity contribution < 1.29 is 4.79 Å². The maximum atomic E-state index is 12.4. The molecule has 0 bridgehead atoms. The number of nitrogens with one attached hydrogen (secondary N) is 2. The minimum absolute atomic E-state index is 0. The van der Waals surface area contributed by atoms with E-state index in [-0.39, 0.29) is 43.1 Å². The van der Waals surface area contributed by atoms with Gasteiger partial charge in [-0.15, -0.1) is 37.2 Å². The number of nitrogens with two attached hydrogens (primary N) is 1. The first-order valence-electron chi connectivity index (χ1n) is 10.0. The maximum Gasteiger partial charge on any atom is 0.255 e. The molecule has 0 spiro atoms. The van der Waals surface area contributed by atoms with E-state index < -0.39 is 0 Å². The van der Waals surface area contributed by atoms with Gasteiger partial charge in [-0.2, -0.15) is 0 Å². The van der Waals surface area contributed by atoms with Crippen LogP contribution in [0.25, 0.3) is 0 Å². The zero-order valence-electron chi connectivity index (χ0n) is 18.4. The number of amides is 1. The summed E-state index contributed by atoms with van der Waals surface area (Å²) in [7, 11) is 0. The Bertz CT molecular complexity index is 801. The number of anilines is 3. The Morgan fingerprint density at radius 3 is 2.13 bits per heavy atom. The number of para-hydroxylation sites is 2. The normalized spacial score (nSPS) is 14.4. The van der Waals surface area contributed by atoms with Gasteiger partial charge in [0.1, 0.15) is 0 Å². The summed E-state index contributed by atoms with van der Waals surface area (Å²) in [5.41, 5.74) is 9.12. The van der Waals surface area contributed by atoms with Crippen LogP contribution in [-0.4, -0.2) is 36.5 Å². The monoisotopic (exact) mass is 488 g/mol. The van der Waals surface area contributed by atoms with Crippen molar-refractivity contribution in [2.75, 3.05) is 36.0 Å². The number of piperidine rings is 1. The molecule has 1 heterocycles. The van der Waals surface area contributed by atoms with Crippen molar-refractivity contribution in [2.24, 2.45) is 5.41 Å². The van der Waals surface area contributed by atoms with Crippen LogP contribution in [0.1, 0.15) is 44.0 Å². The number of nitrogen functional groups attached to an aromatic ring is 1. The van der Waals surface area contributed by atoms with E-state index in [1.807, 2.05) is 36.4 Å². The number of hydrogen-bond donors (Lipinski definition) is 3. The molecule has 4 N–H and O–H groups in total. The Morgan fingerprint density at radius 2 is 1.58 bits per heavy atom. The Labute approximate surface area is 204 Å². The fraction of sp³-hybridized carbons (Fsp3) is 0.435. The first kappa shape index (κ1) is 29.3. The molecule has 174 valence electrons. The average molecular weight is 490 g/mol. The van der Waals surface area contributed by atoms with Crippen molar-refractivity contribution in [1.29, 1.82) is 0 Å². The van der Waals surface area contributed by atoms with Gasteiger partial charge in [0.15, 0.2) is 0 Å². The van der Waals surface area contributed by atoms with E-state index in [9.17, 15) is 4.79 Å². The highest BCUT2D eigenvalue weighted by Gasteiger charge is 2.22. The summed E-state index contributed by atoms with van der Waals surface area (Å²) >= 11 is 0. The van der Waals surface area contributed by atoms with Crippen LogP contribution in [0, 0.1) is 5.41 Å². The predicted octanol–water partition coefficient (Wildman–Crippen LogP) is 5.71. The summed E-state index contributed by atoms with van der Waals surface area (Å²) in [4.78, 5) is 15.0. The highest BCUT2D eigenvalue weighted by atomic mass is 35.5. The second-order valence-corrected chi connectivity index (χ2v) is 8.87. The fourth-order valence-electron chi connectivity index (χ4n) is 3.67. The van der Waals surface area contributed by atoms with E-state index in [4.69, 9.17) is 5.73 Å². The Balaban J connectivity index is 0.00000300. The third-order valence-electron chi connectivity index (χ3n) is 5.01. The predicted molar refractivity (Wildman–Crippen MR) is 140 cm³/mol. The lowest BCUT2D eigenvalue weighted by atomic mass is 9.94. The fourth-order valence-corrected chi connectivity index (χ4v) is 3.67. The van der Waals surface area contributed by atoms with Gasteiger partial charge in [-0.1, -0.05) is 32.9 Å². The van der Waals surface area contributed by atoms with Gasteiger partial charge >= 0.3 is 0 Å². The van der Waals surface area contributed by atoms with Crippen LogP contribution in [0.15, 0.2) is 48.5 Å². The minimum atomic E-state index is -0.153. The van der Waals surface area contributed by atoms with E-state index in [1.165, 1.54) is 0 Å². The van der Waals surface area contributed by atoms with E-state index in [0.717, 1.165) is 38.2 Å². The van der Waals surface area contributed by atoms with Crippen molar-refractivity contribution in [2.45, 2.75) is 39.7 Å². The first-order valence-corrected chi connectivity index (χ1v) is 10.0. The van der Waals surface area contributed by atoms with Crippen molar-refractivity contribution in [3.63, 3.8) is 0 Å². The second kappa shape index (κ2) is 13.0. The van der Waals surface area contributed by atoms with Crippen molar-refractivity contribution in [3.05, 3.63) is 54.1 Å². The molecule has 0 aliphatic carbocycles. The number of likely N-dealkylation sites (tertiary alicyclic amines) is 1. The van der Waals surface area contributed by atoms with Gasteiger partial charge < -0.3 is 21.3 Å². The number of carbonyl (C=O) groups is 1. The number of hydrogen-bond acceptors (Lipinski definition) is 4. The summed E-state index contributed by atoms with van der Waals surface area (Å²) in [5, 5.41) is 6.47. The molecule has 2 aromatic carbocycles. The van der Waals surface area contributed by atoms with Gasteiger partial charge in [-0.05, 0) is 54.7 Å². The zero-order valence-corrected chi connectivity index (χ0v) is 20.8. The summed E-state index contributed by atoms with van der Waals surface area (Å²) in [6, 6.07) is 15.4. The molecule has 31 heavy (non-hydrogen) atoms. The highest BCUT2D eigenvalue weighted by molar-refractivity contribution is 6.05. The van der Waals surface area contributed by atoms with Gasteiger partial charge in [0, 0.05) is 36.9 Å². The molecule has 3 rings (SSSR count). The molecule has 1 aliphatic heterocycles. The molecule has 8 heteroatoms. The number of nitrogens with zero attached hydrogens (tertiary/aromatic N) is 1. The molecular formula is C23H35Cl3N4O. The molecule has 0 saturated carbocycles. The quantitative estimate of drug-likeness (QED) is 0.471. The van der Waals surface area contributed by atoms with Crippen LogP contribution in [-0.2, 0) is 0 Å². The molecule has 1 aliphatic rings. The lowest BCUT2D eigenvalue weighted by Crippen LogP contribution is -2.42. The van der Waals surface area contributed by atoms with Gasteiger partial charge in [0.2, 0.25) is 0 Å². The number of carbonyl (C=O) groups excluding carboxylic acids is 1. The Kier molecular flexibility index (Phi) is 12.3. The largest absolute Gasteiger partial charge is 0.397 e. The lowest BCUT2D eigenvalue weighted by Gasteiger charge is -2.36. The van der Waals surface area contributed by atoms with Gasteiger partial charge in [0.05, 0.1) is 11.4 Å². The van der Waals surface area contributed by atoms with Crippen LogP contribution in [0.2, 0.25) is 0 Å². The SMILES string of the molecule is CC(C)(C)CN1CCC(Nc2ccc(C(=O)Nc3ccccc3N)cc2)CC1.Cl.Cl.Cl. The number of halogens is 3. The first-order chi connectivity index (χ1) is 13.3. The minimum Gasteiger partial charge on any atom is -0.397 e. The van der Waals surface area contributed by atoms with Gasteiger partial charge in [-0.3, -0.25) is 4.79 Å². The third kappa shape index (κ3) is 9.16. The standard InChI is InChI=1S/C23H32N4O.3ClH/c1-23(2,3)16-27-14-12-19(13-15-27)25-18-10-8-17(9-11-18)22(28)26-21-7-5-4-6-20(21)24;;;/h4-11,19,25H,12-16,24H2,1-3H3,(H,26,28);3*1H. The summed E-state index contributed by atoms with van der Waals surface area (Å²) in [6.07, 6.45) is 2.29. The van der Waals surface area contributed by atoms with E-state index in [2.05, 4.69) is 36.3 Å². The molecule has 0 radical (unpaired) electrons. The molecule has 0 unspecified atom stereocenters. The average Bonchev–Trinajstić information content (AvgIpc) is 2.64. The molecule has 2 aromatic rings. The molecule has 1 saturated heterocycles. The summed E-state index contributed by atoms with van der Waals surface area (Å²) < 4.78 is 0. The van der Waals surface area contributed by atoms with Crippen molar-refractivity contribution in [1.82, 2.24) is 4.90 Å². The van der Waals surface area contributed by atoms with Crippen molar-refractivity contribution in [3.8, 4) is 0 Å². The van der Waals surface area contributed by atoms with E-state index in [0.29, 0.717) is 28.4 Å². The van der Waals surface area contributed by atoms with Crippen molar-refractivity contribution >= 4 is 60.2 Å². The molecule has 1 fully saturated rings. The lowest BCUT2D eigenvalue weighted by molar-refractivity contribution is 0.102. The summed E-state index contributed by atoms with van der Waals surface area (Å²) in [6.45, 7) is 10.3. The molecule has 5 nitrogen and oxygen atoms in total. The van der Waals surface area contributed by atoms with E-state index >= 15 is 0 Å². The van der Waals surface area contributed by atoms with Crippen LogP contribution in [0.4, 0.5) is 17.1 Å². The molecule has 0 aromatic heterocycles. The number of benzene rings is 2. The highest BCUT2D eigenvalue weighted by Crippen LogP contribution is 2.22. The smallest absolute Gasteiger partial charge is 0.255 e.